The van der Waals surface area contributed by atoms with Gasteiger partial charge >= 0.3 is 5.97 Å². The van der Waals surface area contributed by atoms with E-state index in [1.807, 2.05) is 30.3 Å². The van der Waals surface area contributed by atoms with E-state index < -0.39 is 5.41 Å². The maximum Gasteiger partial charge on any atom is 0.314 e. The molecule has 28 heavy (non-hydrogen) atoms. The number of benzene rings is 1. The van der Waals surface area contributed by atoms with Crippen LogP contribution in [0.3, 0.4) is 0 Å². The average molecular weight is 385 g/mol. The van der Waals surface area contributed by atoms with Gasteiger partial charge in [0.05, 0.1) is 18.6 Å². The van der Waals surface area contributed by atoms with Gasteiger partial charge in [-0.3, -0.25) is 14.3 Å². The minimum absolute atomic E-state index is 0.0407. The van der Waals surface area contributed by atoms with Gasteiger partial charge in [-0.15, -0.1) is 0 Å². The van der Waals surface area contributed by atoms with Gasteiger partial charge in [-0.2, -0.15) is 5.10 Å². The Morgan fingerprint density at radius 2 is 2.04 bits per heavy atom. The number of hydrogen-bond acceptors (Lipinski definition) is 5. The van der Waals surface area contributed by atoms with Crippen molar-refractivity contribution in [2.24, 2.45) is 5.41 Å². The Balaban J connectivity index is 1.67. The molecule has 1 amide bonds. The molecule has 0 N–H and O–H groups in total. The van der Waals surface area contributed by atoms with Crippen LogP contribution >= 0.6 is 0 Å². The molecule has 1 aliphatic heterocycles. The first-order chi connectivity index (χ1) is 13.6. The molecule has 2 aromatic rings. The Morgan fingerprint density at radius 1 is 1.21 bits per heavy atom. The summed E-state index contributed by atoms with van der Waals surface area (Å²) >= 11 is 0. The van der Waals surface area contributed by atoms with E-state index in [2.05, 4.69) is 5.10 Å². The highest BCUT2D eigenvalue weighted by Crippen LogP contribution is 2.35. The van der Waals surface area contributed by atoms with Gasteiger partial charge in [-0.1, -0.05) is 18.2 Å². The van der Waals surface area contributed by atoms with Crippen LogP contribution in [0, 0.1) is 5.41 Å². The van der Waals surface area contributed by atoms with Gasteiger partial charge in [-0.05, 0) is 44.4 Å². The van der Waals surface area contributed by atoms with E-state index in [-0.39, 0.29) is 18.4 Å². The van der Waals surface area contributed by atoms with Crippen molar-refractivity contribution in [1.82, 2.24) is 14.7 Å². The highest BCUT2D eigenvalue weighted by molar-refractivity contribution is 5.80. The lowest BCUT2D eigenvalue weighted by Gasteiger charge is -2.41. The summed E-state index contributed by atoms with van der Waals surface area (Å²) < 4.78 is 12.8. The van der Waals surface area contributed by atoms with Crippen molar-refractivity contribution in [1.29, 1.82) is 0 Å². The van der Waals surface area contributed by atoms with Gasteiger partial charge in [0.2, 0.25) is 5.91 Å². The summed E-state index contributed by atoms with van der Waals surface area (Å²) in [6.07, 6.45) is 5.36. The van der Waals surface area contributed by atoms with Crippen LogP contribution in [-0.4, -0.2) is 52.9 Å². The van der Waals surface area contributed by atoms with Gasteiger partial charge in [0.1, 0.15) is 12.3 Å². The molecule has 1 saturated heterocycles. The fourth-order valence-corrected chi connectivity index (χ4v) is 3.62. The lowest BCUT2D eigenvalue weighted by molar-refractivity contribution is -0.162. The number of aromatic nitrogens is 2. The third kappa shape index (κ3) is 4.91. The standard InChI is InChI=1S/C21H27N3O4/c1-2-27-20(26)21(11-15-28-18-8-4-3-5-9-18)10-6-13-23(17-21)19(25)16-24-14-7-12-22-24/h3-5,7-9,12,14H,2,6,10-11,13,15-17H2,1H3. The minimum Gasteiger partial charge on any atom is -0.494 e. The van der Waals surface area contributed by atoms with Crippen molar-refractivity contribution in [2.75, 3.05) is 26.3 Å². The number of rotatable bonds is 8. The summed E-state index contributed by atoms with van der Waals surface area (Å²) in [5.41, 5.74) is -0.733. The van der Waals surface area contributed by atoms with E-state index in [1.165, 1.54) is 0 Å². The van der Waals surface area contributed by atoms with Crippen molar-refractivity contribution in [2.45, 2.75) is 32.7 Å². The Hall–Kier alpha value is -2.83. The molecule has 0 spiro atoms. The predicted molar refractivity (Wildman–Crippen MR) is 104 cm³/mol. The number of para-hydroxylation sites is 1. The molecule has 150 valence electrons. The van der Waals surface area contributed by atoms with Crippen LogP contribution in [0.2, 0.25) is 0 Å². The Bertz CT molecular complexity index is 763. The van der Waals surface area contributed by atoms with E-state index in [1.54, 1.807) is 35.0 Å². The number of esters is 1. The summed E-state index contributed by atoms with van der Waals surface area (Å²) in [6, 6.07) is 11.3. The molecule has 3 rings (SSSR count). The Kier molecular flexibility index (Phi) is 6.68. The van der Waals surface area contributed by atoms with Crippen molar-refractivity contribution < 1.29 is 19.1 Å². The number of ether oxygens (including phenoxy) is 2. The largest absolute Gasteiger partial charge is 0.494 e. The maximum absolute atomic E-state index is 12.8. The first-order valence-electron chi connectivity index (χ1n) is 9.73. The molecule has 1 aliphatic rings. The molecule has 0 bridgehead atoms. The molecule has 0 aliphatic carbocycles. The number of carbonyl (C=O) groups excluding carboxylic acids is 2. The van der Waals surface area contributed by atoms with E-state index in [0.29, 0.717) is 39.1 Å². The third-order valence-electron chi connectivity index (χ3n) is 5.09. The van der Waals surface area contributed by atoms with Gasteiger partial charge in [0.15, 0.2) is 0 Å². The zero-order chi connectivity index (χ0) is 19.8. The van der Waals surface area contributed by atoms with Crippen molar-refractivity contribution in [3.8, 4) is 5.75 Å². The number of carbonyl (C=O) groups is 2. The van der Waals surface area contributed by atoms with Crippen LogP contribution in [0.4, 0.5) is 0 Å². The van der Waals surface area contributed by atoms with Crippen LogP contribution in [0.25, 0.3) is 0 Å². The van der Waals surface area contributed by atoms with Gasteiger partial charge in [0.25, 0.3) is 0 Å². The van der Waals surface area contributed by atoms with E-state index in [0.717, 1.165) is 12.2 Å². The normalized spacial score (nSPS) is 19.2. The number of nitrogens with zero attached hydrogens (tertiary/aromatic N) is 3. The second-order valence-electron chi connectivity index (χ2n) is 7.03. The molecule has 2 heterocycles. The van der Waals surface area contributed by atoms with E-state index in [9.17, 15) is 9.59 Å². The summed E-state index contributed by atoms with van der Waals surface area (Å²) in [5.74, 6) is 0.480. The highest BCUT2D eigenvalue weighted by Gasteiger charge is 2.44. The number of piperidine rings is 1. The SMILES string of the molecule is CCOC(=O)C1(CCOc2ccccc2)CCCN(C(=O)Cn2cccn2)C1. The minimum atomic E-state index is -0.733. The number of likely N-dealkylation sites (tertiary alicyclic amines) is 1. The first-order valence-corrected chi connectivity index (χ1v) is 9.73. The summed E-state index contributed by atoms with van der Waals surface area (Å²) in [4.78, 5) is 27.3. The summed E-state index contributed by atoms with van der Waals surface area (Å²) in [5, 5.41) is 4.09. The second-order valence-corrected chi connectivity index (χ2v) is 7.03. The molecule has 1 fully saturated rings. The zero-order valence-corrected chi connectivity index (χ0v) is 16.3. The number of hydrogen-bond donors (Lipinski definition) is 0. The third-order valence-corrected chi connectivity index (χ3v) is 5.09. The van der Waals surface area contributed by atoms with Crippen molar-refractivity contribution in [3.63, 3.8) is 0 Å². The fraction of sp³-hybridized carbons (Fsp3) is 0.476. The molecule has 7 nitrogen and oxygen atoms in total. The molecule has 1 unspecified atom stereocenters. The number of amides is 1. The van der Waals surface area contributed by atoms with Gasteiger partial charge in [0, 0.05) is 25.5 Å². The van der Waals surface area contributed by atoms with Crippen LogP contribution in [0.15, 0.2) is 48.8 Å². The molecule has 1 aromatic heterocycles. The summed E-state index contributed by atoms with van der Waals surface area (Å²) in [6.45, 7) is 3.68. The summed E-state index contributed by atoms with van der Waals surface area (Å²) in [7, 11) is 0. The van der Waals surface area contributed by atoms with Crippen LogP contribution in [0.1, 0.15) is 26.2 Å². The zero-order valence-electron chi connectivity index (χ0n) is 16.3. The average Bonchev–Trinajstić information content (AvgIpc) is 3.22. The van der Waals surface area contributed by atoms with Gasteiger partial charge in [-0.25, -0.2) is 0 Å². The fourth-order valence-electron chi connectivity index (χ4n) is 3.62. The lowest BCUT2D eigenvalue weighted by Crippen LogP contribution is -2.51. The monoisotopic (exact) mass is 385 g/mol. The maximum atomic E-state index is 12.8. The van der Waals surface area contributed by atoms with Crippen molar-refractivity contribution in [3.05, 3.63) is 48.8 Å². The van der Waals surface area contributed by atoms with Crippen LogP contribution in [-0.2, 0) is 20.9 Å². The molecular formula is C21H27N3O4. The van der Waals surface area contributed by atoms with Crippen molar-refractivity contribution >= 4 is 11.9 Å². The smallest absolute Gasteiger partial charge is 0.314 e. The molecular weight excluding hydrogens is 358 g/mol. The topological polar surface area (TPSA) is 73.7 Å². The Labute approximate surface area is 165 Å². The first kappa shape index (κ1) is 19.9. The second kappa shape index (κ2) is 9.39. The quantitative estimate of drug-likeness (QED) is 0.653. The molecule has 0 saturated carbocycles. The molecule has 1 atom stereocenters. The van der Waals surface area contributed by atoms with Gasteiger partial charge < -0.3 is 14.4 Å². The predicted octanol–water partition coefficient (Wildman–Crippen LogP) is 2.52. The molecule has 7 heteroatoms. The molecule has 1 aromatic carbocycles. The van der Waals surface area contributed by atoms with Crippen LogP contribution in [0.5, 0.6) is 5.75 Å². The van der Waals surface area contributed by atoms with E-state index in [4.69, 9.17) is 9.47 Å². The van der Waals surface area contributed by atoms with E-state index >= 15 is 0 Å². The van der Waals surface area contributed by atoms with Crippen LogP contribution < -0.4 is 4.74 Å². The lowest BCUT2D eigenvalue weighted by atomic mass is 9.77. The highest BCUT2D eigenvalue weighted by atomic mass is 16.5. The molecule has 0 radical (unpaired) electrons. The Morgan fingerprint density at radius 3 is 2.75 bits per heavy atom.